The molecule has 0 bridgehead atoms. The van der Waals surface area contributed by atoms with Gasteiger partial charge in [-0.05, 0) is 58.7 Å². The molecule has 6 rings (SSSR count). The third-order valence-corrected chi connectivity index (χ3v) is 21.5. The van der Waals surface area contributed by atoms with Crippen LogP contribution < -0.4 is 10.4 Å². The molecule has 0 spiro atoms. The van der Waals surface area contributed by atoms with E-state index in [0.717, 1.165) is 10.4 Å². The van der Waals surface area contributed by atoms with Gasteiger partial charge in [0.25, 0.3) is 8.32 Å². The van der Waals surface area contributed by atoms with Crippen LogP contribution in [0.2, 0.25) is 5.04 Å². The highest BCUT2D eigenvalue weighted by atomic mass is 28.4. The molecule has 0 saturated carbocycles. The first-order valence-corrected chi connectivity index (χ1v) is 31.7. The highest BCUT2D eigenvalue weighted by Gasteiger charge is 2.51. The van der Waals surface area contributed by atoms with Crippen molar-refractivity contribution in [2.75, 3.05) is 34.5 Å². The molecule has 4 heterocycles. The Morgan fingerprint density at radius 2 is 1.35 bits per heavy atom. The van der Waals surface area contributed by atoms with E-state index < -0.39 is 62.8 Å². The Balaban J connectivity index is 1.00. The van der Waals surface area contributed by atoms with Crippen molar-refractivity contribution in [2.24, 2.45) is 35.0 Å². The van der Waals surface area contributed by atoms with Gasteiger partial charge in [0.15, 0.2) is 23.5 Å². The number of Topliss-reactive ketones (excluding diaryl/α,β-unsaturated/α-hetero) is 1. The molecule has 1 fully saturated rings. The number of carbonyl (C=O) groups excluding carboxylic acids is 3. The van der Waals surface area contributed by atoms with Crippen LogP contribution in [-0.2, 0) is 52.0 Å². The Hall–Kier alpha value is -6.23. The fourth-order valence-electron chi connectivity index (χ4n) is 11.3. The van der Waals surface area contributed by atoms with E-state index in [4.69, 9.17) is 46.1 Å². The zero-order valence-electron chi connectivity index (χ0n) is 52.6. The molecule has 86 heavy (non-hydrogen) atoms. The third-order valence-electron chi connectivity index (χ3n) is 16.4. The number of ketones is 2. The maximum Gasteiger partial charge on any atom is 0.305 e. The van der Waals surface area contributed by atoms with Crippen molar-refractivity contribution >= 4 is 48.3 Å². The zero-order chi connectivity index (χ0) is 62.9. The van der Waals surface area contributed by atoms with E-state index in [1.54, 1.807) is 40.2 Å². The van der Waals surface area contributed by atoms with Gasteiger partial charge in [-0.25, -0.2) is 15.0 Å². The molecule has 3 aromatic heterocycles. The first kappa shape index (κ1) is 68.9. The Morgan fingerprint density at radius 3 is 1.93 bits per heavy atom. The summed E-state index contributed by atoms with van der Waals surface area (Å²) in [5.41, 5.74) is 0.861. The Kier molecular flexibility index (Phi) is 25.3. The number of aliphatic hydroxyl groups excluding tert-OH is 1. The van der Waals surface area contributed by atoms with Crippen LogP contribution in [0.4, 0.5) is 0 Å². The number of hydrogen-bond acceptors (Lipinski definition) is 18. The number of carbonyl (C=O) groups is 4. The SMILES string of the molecule is CO[C@@H](C/C=C/c1nc(-c2nc(-c3nc([C@@H](OC)[C@@H](C)C(=O)/C=C/C[C@@H](CC(=O)O)O[Si](c4ccccc4)(c4ccccc4)C(C)(C)C)co3)co2)co1)[C@@H](C)[C@@H](O)C[C@H](OC)[C@@H](C)CCC(=O)[C@H](C)[C@H](OC(C)=O)[C@H](C)CC1OCC(C)(C)CO1. The molecule has 0 radical (unpaired) electrons. The fourth-order valence-corrected chi connectivity index (χ4v) is 16.0. The number of carboxylic acids is 1. The van der Waals surface area contributed by atoms with Crippen molar-refractivity contribution in [1.29, 1.82) is 0 Å². The third kappa shape index (κ3) is 18.4. The monoisotopic (exact) mass is 1210 g/mol. The molecule has 1 aliphatic rings. The number of aromatic nitrogens is 3. The standard InChI is InChI=1S/C66H91N3O16Si/c1-41(31-32-54(72)44(4)61(84-46(6)70)42(2)33-60-82-39-66(10,11)40-83-60)57(77-13)35-55(73)43(3)56(76-12)29-22-30-58-67-51(37-79-58)63-69-52(38-81-63)64-68-50(36-80-64)62(78-14)45(5)53(71)28-21-23-47(34-59(74)75)85-86(65(7,8)9,48-24-17-15-18-25-48)49-26-19-16-20-27-49/h15-22,24-28,30,36-38,41-45,47,55-57,60-62,73H,23,29,31-35,39-40H2,1-14H3,(H,74,75)/b28-21+,30-22+/t41-,42+,43-,44-,45-,47-,55-,56-,57-,61+,62-/m0/s1. The predicted molar refractivity (Wildman–Crippen MR) is 326 cm³/mol. The number of esters is 1. The maximum absolute atomic E-state index is 13.8. The average Bonchev–Trinajstić information content (AvgIpc) is 1.94. The summed E-state index contributed by atoms with van der Waals surface area (Å²) in [5.74, 6) is -3.00. The Labute approximate surface area is 507 Å². The second-order valence-corrected chi connectivity index (χ2v) is 29.0. The summed E-state index contributed by atoms with van der Waals surface area (Å²) in [4.78, 5) is 65.5. The topological polar surface area (TPSA) is 251 Å². The van der Waals surface area contributed by atoms with Gasteiger partial charge < -0.3 is 56.3 Å². The second kappa shape index (κ2) is 31.6. The number of nitrogens with zero attached hydrogens (tertiary/aromatic N) is 3. The molecule has 19 nitrogen and oxygen atoms in total. The van der Waals surface area contributed by atoms with E-state index in [-0.39, 0.29) is 94.6 Å². The minimum absolute atomic E-state index is 0.0204. The smallest absolute Gasteiger partial charge is 0.305 e. The lowest BCUT2D eigenvalue weighted by Gasteiger charge is -2.45. The summed E-state index contributed by atoms with van der Waals surface area (Å²) in [5, 5.41) is 23.2. The minimum atomic E-state index is -3.10. The molecular formula is C66H91N3O16Si. The highest BCUT2D eigenvalue weighted by molar-refractivity contribution is 6.99. The summed E-state index contributed by atoms with van der Waals surface area (Å²) in [6.45, 7) is 22.4. The van der Waals surface area contributed by atoms with Crippen molar-refractivity contribution < 1.29 is 75.5 Å². The number of benzene rings is 2. The molecule has 2 aromatic carbocycles. The highest BCUT2D eigenvalue weighted by Crippen LogP contribution is 2.39. The largest absolute Gasteiger partial charge is 0.481 e. The number of aliphatic carboxylic acids is 1. The van der Waals surface area contributed by atoms with E-state index in [1.165, 1.54) is 38.9 Å². The summed E-state index contributed by atoms with van der Waals surface area (Å²) in [7, 11) is 1.57. The molecule has 470 valence electrons. The van der Waals surface area contributed by atoms with Crippen molar-refractivity contribution in [3.63, 3.8) is 0 Å². The normalized spacial score (nSPS) is 18.2. The molecule has 0 aliphatic carbocycles. The predicted octanol–water partition coefficient (Wildman–Crippen LogP) is 11.0. The van der Waals surface area contributed by atoms with Crippen LogP contribution in [0, 0.1) is 35.0 Å². The van der Waals surface area contributed by atoms with Crippen LogP contribution in [0.3, 0.4) is 0 Å². The van der Waals surface area contributed by atoms with Crippen molar-refractivity contribution in [3.05, 3.63) is 109 Å². The van der Waals surface area contributed by atoms with E-state index in [9.17, 15) is 29.4 Å². The lowest BCUT2D eigenvalue weighted by Crippen LogP contribution is -2.67. The van der Waals surface area contributed by atoms with Gasteiger partial charge in [-0.2, -0.15) is 0 Å². The maximum atomic E-state index is 13.8. The van der Waals surface area contributed by atoms with E-state index in [2.05, 4.69) is 49.6 Å². The van der Waals surface area contributed by atoms with Gasteiger partial charge in [0, 0.05) is 58.8 Å². The van der Waals surface area contributed by atoms with Crippen molar-refractivity contribution in [2.45, 2.75) is 169 Å². The van der Waals surface area contributed by atoms with Gasteiger partial charge in [0.2, 0.25) is 17.7 Å². The number of aliphatic hydroxyl groups is 1. The van der Waals surface area contributed by atoms with Crippen LogP contribution >= 0.6 is 0 Å². The zero-order valence-corrected chi connectivity index (χ0v) is 53.6. The molecule has 0 unspecified atom stereocenters. The molecule has 11 atom stereocenters. The van der Waals surface area contributed by atoms with Crippen LogP contribution in [-0.4, -0.2) is 128 Å². The summed E-state index contributed by atoms with van der Waals surface area (Å²) < 4.78 is 59.5. The quantitative estimate of drug-likeness (QED) is 0.0221. The summed E-state index contributed by atoms with van der Waals surface area (Å²) in [6, 6.07) is 20.0. The summed E-state index contributed by atoms with van der Waals surface area (Å²) >= 11 is 0. The van der Waals surface area contributed by atoms with Gasteiger partial charge in [-0.3, -0.25) is 19.2 Å². The Bertz CT molecular complexity index is 2930. The van der Waals surface area contributed by atoms with Gasteiger partial charge in [0.05, 0.1) is 55.9 Å². The lowest BCUT2D eigenvalue weighted by molar-refractivity contribution is -0.231. The molecule has 1 saturated heterocycles. The van der Waals surface area contributed by atoms with Crippen LogP contribution in [0.15, 0.2) is 111 Å². The second-order valence-electron chi connectivity index (χ2n) is 24.8. The number of oxazole rings is 3. The van der Waals surface area contributed by atoms with E-state index >= 15 is 0 Å². The first-order valence-electron chi connectivity index (χ1n) is 29.8. The van der Waals surface area contributed by atoms with Gasteiger partial charge in [0.1, 0.15) is 42.5 Å². The van der Waals surface area contributed by atoms with Crippen LogP contribution in [0.1, 0.15) is 139 Å². The first-order chi connectivity index (χ1) is 40.8. The number of hydrogen-bond donors (Lipinski definition) is 2. The molecular weight excluding hydrogens is 1120 g/mol. The van der Waals surface area contributed by atoms with E-state index in [0.29, 0.717) is 50.3 Å². The van der Waals surface area contributed by atoms with E-state index in [1.807, 2.05) is 87.5 Å². The number of carboxylic acid groups (broad SMARTS) is 1. The molecule has 5 aromatic rings. The summed E-state index contributed by atoms with van der Waals surface area (Å²) in [6.07, 6.45) is 8.66. The molecule has 1 aliphatic heterocycles. The van der Waals surface area contributed by atoms with Crippen LogP contribution in [0.5, 0.6) is 0 Å². The minimum Gasteiger partial charge on any atom is -0.481 e. The van der Waals surface area contributed by atoms with Gasteiger partial charge in [-0.1, -0.05) is 142 Å². The number of rotatable bonds is 34. The molecule has 20 heteroatoms. The Morgan fingerprint density at radius 1 is 0.756 bits per heavy atom. The average molecular weight is 1210 g/mol. The molecule has 0 amide bonds. The fraction of sp³-hybridized carbons (Fsp3) is 0.561. The van der Waals surface area contributed by atoms with Gasteiger partial charge in [-0.15, -0.1) is 0 Å². The van der Waals surface area contributed by atoms with Crippen molar-refractivity contribution in [1.82, 2.24) is 15.0 Å². The lowest BCUT2D eigenvalue weighted by atomic mass is 9.83. The van der Waals surface area contributed by atoms with Gasteiger partial charge >= 0.3 is 11.9 Å². The number of methoxy groups -OCH3 is 3. The molecule has 2 N–H and O–H groups in total. The number of allylic oxidation sites excluding steroid dienone is 1. The van der Waals surface area contributed by atoms with Crippen LogP contribution in [0.25, 0.3) is 29.2 Å². The number of ether oxygens (including phenoxy) is 6. The van der Waals surface area contributed by atoms with Crippen molar-refractivity contribution in [3.8, 4) is 23.2 Å².